The van der Waals surface area contributed by atoms with E-state index in [1.807, 2.05) is 0 Å². The molecule has 3 aliphatic rings. The third-order valence-corrected chi connectivity index (χ3v) is 5.75. The Morgan fingerprint density at radius 3 is 2.42 bits per heavy atom. The molecule has 0 radical (unpaired) electrons. The van der Waals surface area contributed by atoms with E-state index in [9.17, 15) is 19.5 Å². The summed E-state index contributed by atoms with van der Waals surface area (Å²) in [5.41, 5.74) is -0.753. The van der Waals surface area contributed by atoms with E-state index in [-0.39, 0.29) is 17.7 Å². The van der Waals surface area contributed by atoms with Crippen LogP contribution in [-0.2, 0) is 19.9 Å². The Hall–Kier alpha value is -2.25. The van der Waals surface area contributed by atoms with Crippen LogP contribution in [0.15, 0.2) is 24.3 Å². The van der Waals surface area contributed by atoms with Crippen LogP contribution >= 0.6 is 0 Å². The fourth-order valence-electron chi connectivity index (χ4n) is 4.76. The number of rotatable bonds is 1. The van der Waals surface area contributed by atoms with Gasteiger partial charge in [-0.3, -0.25) is 24.6 Å². The zero-order chi connectivity index (χ0) is 19.0. The number of aliphatic hydroxyl groups is 1. The van der Waals surface area contributed by atoms with E-state index in [2.05, 4.69) is 10.6 Å². The quantitative estimate of drug-likeness (QED) is 0.639. The summed E-state index contributed by atoms with van der Waals surface area (Å²) in [6.07, 6.45) is -0.890. The molecule has 3 heterocycles. The van der Waals surface area contributed by atoms with Crippen LogP contribution in [0.4, 0.5) is 5.69 Å². The van der Waals surface area contributed by atoms with Crippen molar-refractivity contribution in [1.29, 1.82) is 0 Å². The minimum absolute atomic E-state index is 0.333. The average molecular weight is 357 g/mol. The lowest BCUT2D eigenvalue weighted by Crippen LogP contribution is -2.57. The molecule has 3 aliphatic heterocycles. The Morgan fingerprint density at radius 2 is 1.81 bits per heavy atom. The maximum absolute atomic E-state index is 13.3. The molecule has 5 atom stereocenters. The zero-order valence-corrected chi connectivity index (χ0v) is 15.2. The number of benzene rings is 1. The van der Waals surface area contributed by atoms with Crippen molar-refractivity contribution in [3.05, 3.63) is 29.8 Å². The highest BCUT2D eigenvalue weighted by Gasteiger charge is 2.71. The van der Waals surface area contributed by atoms with Crippen molar-refractivity contribution in [2.24, 2.45) is 11.8 Å². The Morgan fingerprint density at radius 1 is 1.15 bits per heavy atom. The van der Waals surface area contributed by atoms with Gasteiger partial charge in [-0.1, -0.05) is 18.2 Å². The van der Waals surface area contributed by atoms with Gasteiger partial charge in [0, 0.05) is 22.8 Å². The molecule has 1 aromatic rings. The third-order valence-electron chi connectivity index (χ3n) is 5.75. The topological polar surface area (TPSA) is 98.7 Å². The molecule has 1 spiro atoms. The number of carbonyl (C=O) groups is 3. The van der Waals surface area contributed by atoms with Gasteiger partial charge in [-0.15, -0.1) is 0 Å². The standard InChI is InChI=1S/C19H23N3O4/c1-9(23)14-12-13(16(25)22(15(12)24)18(2,3)4)19(21-14)10-7-5-6-8-11(10)20-17(19)26/h5-9,12-14,21,23H,1-4H3,(H,20,26)/t9-,12-,13-,14-,19+/m0/s1. The number of nitrogens with one attached hydrogen (secondary N) is 2. The summed E-state index contributed by atoms with van der Waals surface area (Å²) in [4.78, 5) is 40.8. The Bertz CT molecular complexity index is 828. The molecule has 7 nitrogen and oxygen atoms in total. The molecule has 7 heteroatoms. The van der Waals surface area contributed by atoms with Crippen LogP contribution in [0.3, 0.4) is 0 Å². The first-order valence-corrected chi connectivity index (χ1v) is 8.85. The second kappa shape index (κ2) is 5.14. The molecule has 2 saturated heterocycles. The number of imide groups is 1. The highest BCUT2D eigenvalue weighted by molar-refractivity contribution is 6.15. The lowest BCUT2D eigenvalue weighted by molar-refractivity contribution is -0.148. The molecule has 0 saturated carbocycles. The molecular weight excluding hydrogens is 334 g/mol. The normalized spacial score (nSPS) is 34.3. The highest BCUT2D eigenvalue weighted by Crippen LogP contribution is 2.54. The minimum Gasteiger partial charge on any atom is -0.392 e. The number of hydrogen-bond donors (Lipinski definition) is 3. The summed E-state index contributed by atoms with van der Waals surface area (Å²) in [7, 11) is 0. The molecule has 1 aromatic carbocycles. The van der Waals surface area contributed by atoms with E-state index in [1.54, 1.807) is 52.0 Å². The van der Waals surface area contributed by atoms with Crippen molar-refractivity contribution in [1.82, 2.24) is 10.2 Å². The fourth-order valence-corrected chi connectivity index (χ4v) is 4.76. The van der Waals surface area contributed by atoms with E-state index in [0.29, 0.717) is 11.3 Å². The van der Waals surface area contributed by atoms with Crippen molar-refractivity contribution < 1.29 is 19.5 Å². The minimum atomic E-state index is -1.34. The number of para-hydroxylation sites is 1. The Labute approximate surface area is 151 Å². The first-order chi connectivity index (χ1) is 12.1. The van der Waals surface area contributed by atoms with Crippen LogP contribution in [0.2, 0.25) is 0 Å². The molecule has 3 N–H and O–H groups in total. The van der Waals surface area contributed by atoms with Crippen LogP contribution in [0, 0.1) is 11.8 Å². The maximum Gasteiger partial charge on any atom is 0.250 e. The van der Waals surface area contributed by atoms with Gasteiger partial charge in [-0.2, -0.15) is 0 Å². The van der Waals surface area contributed by atoms with Crippen molar-refractivity contribution >= 4 is 23.4 Å². The first kappa shape index (κ1) is 17.2. The number of nitrogens with zero attached hydrogens (tertiary/aromatic N) is 1. The summed E-state index contributed by atoms with van der Waals surface area (Å²) in [6, 6.07) is 6.49. The van der Waals surface area contributed by atoms with E-state index in [4.69, 9.17) is 0 Å². The van der Waals surface area contributed by atoms with Crippen LogP contribution in [0.25, 0.3) is 0 Å². The molecule has 2 fully saturated rings. The fraction of sp³-hybridized carbons (Fsp3) is 0.526. The number of amides is 3. The molecule has 138 valence electrons. The van der Waals surface area contributed by atoms with Crippen molar-refractivity contribution in [2.45, 2.75) is 50.9 Å². The Balaban J connectivity index is 1.93. The van der Waals surface area contributed by atoms with Gasteiger partial charge in [0.2, 0.25) is 17.7 Å². The predicted octanol–water partition coefficient (Wildman–Crippen LogP) is 0.586. The molecule has 0 aromatic heterocycles. The van der Waals surface area contributed by atoms with Gasteiger partial charge < -0.3 is 10.4 Å². The molecule has 0 bridgehead atoms. The summed E-state index contributed by atoms with van der Waals surface area (Å²) < 4.78 is 0. The third kappa shape index (κ3) is 1.92. The second-order valence-electron chi connectivity index (χ2n) is 8.40. The van der Waals surface area contributed by atoms with E-state index < -0.39 is 35.1 Å². The van der Waals surface area contributed by atoms with Gasteiger partial charge >= 0.3 is 0 Å². The predicted molar refractivity (Wildman–Crippen MR) is 93.9 cm³/mol. The number of likely N-dealkylation sites (tertiary alicyclic amines) is 1. The molecule has 0 unspecified atom stereocenters. The van der Waals surface area contributed by atoms with Gasteiger partial charge in [0.1, 0.15) is 5.54 Å². The van der Waals surface area contributed by atoms with Gasteiger partial charge in [0.25, 0.3) is 0 Å². The summed E-state index contributed by atoms with van der Waals surface area (Å²) in [6.45, 7) is 6.96. The maximum atomic E-state index is 13.3. The molecular formula is C19H23N3O4. The van der Waals surface area contributed by atoms with Gasteiger partial charge in [-0.25, -0.2) is 0 Å². The summed E-state index contributed by atoms with van der Waals surface area (Å²) in [5.74, 6) is -2.71. The number of anilines is 1. The van der Waals surface area contributed by atoms with E-state index >= 15 is 0 Å². The second-order valence-corrected chi connectivity index (χ2v) is 8.40. The van der Waals surface area contributed by atoms with Crippen LogP contribution in [0.5, 0.6) is 0 Å². The number of fused-ring (bicyclic) bond motifs is 4. The monoisotopic (exact) mass is 357 g/mol. The van der Waals surface area contributed by atoms with Crippen molar-refractivity contribution in [2.75, 3.05) is 5.32 Å². The van der Waals surface area contributed by atoms with Crippen molar-refractivity contribution in [3.63, 3.8) is 0 Å². The number of carbonyl (C=O) groups excluding carboxylic acids is 3. The lowest BCUT2D eigenvalue weighted by atomic mass is 9.76. The largest absolute Gasteiger partial charge is 0.392 e. The van der Waals surface area contributed by atoms with Crippen LogP contribution in [-0.4, -0.2) is 45.4 Å². The van der Waals surface area contributed by atoms with Gasteiger partial charge in [-0.05, 0) is 33.8 Å². The Kier molecular flexibility index (Phi) is 3.40. The first-order valence-electron chi connectivity index (χ1n) is 8.85. The smallest absolute Gasteiger partial charge is 0.250 e. The highest BCUT2D eigenvalue weighted by atomic mass is 16.3. The van der Waals surface area contributed by atoms with Crippen LogP contribution in [0.1, 0.15) is 33.3 Å². The van der Waals surface area contributed by atoms with E-state index in [1.165, 1.54) is 4.90 Å². The molecule has 3 amide bonds. The molecule has 0 aliphatic carbocycles. The molecule has 26 heavy (non-hydrogen) atoms. The summed E-state index contributed by atoms with van der Waals surface area (Å²) >= 11 is 0. The number of hydrogen-bond acceptors (Lipinski definition) is 5. The summed E-state index contributed by atoms with van der Waals surface area (Å²) in [5, 5.41) is 16.3. The lowest BCUT2D eigenvalue weighted by Gasteiger charge is -2.35. The SMILES string of the molecule is C[C@H](O)[C@@H]1N[C@@]2(C(=O)Nc3ccccc32)[C@@H]2C(=O)N(C(C)(C)C)C(=O)[C@H]12. The van der Waals surface area contributed by atoms with Gasteiger partial charge in [0.15, 0.2) is 0 Å². The van der Waals surface area contributed by atoms with Crippen molar-refractivity contribution in [3.8, 4) is 0 Å². The number of aliphatic hydroxyl groups excluding tert-OH is 1. The van der Waals surface area contributed by atoms with Crippen LogP contribution < -0.4 is 10.6 Å². The van der Waals surface area contributed by atoms with E-state index in [0.717, 1.165) is 0 Å². The average Bonchev–Trinajstić information content (AvgIpc) is 3.12. The zero-order valence-electron chi connectivity index (χ0n) is 15.2. The molecule has 4 rings (SSSR count). The van der Waals surface area contributed by atoms with Gasteiger partial charge in [0.05, 0.1) is 17.9 Å².